The van der Waals surface area contributed by atoms with E-state index in [1.165, 1.54) is 0 Å². The molecule has 54 valence electrons. The first-order chi connectivity index (χ1) is 4.22. The minimum Gasteiger partial charge on any atom is -0.481 e. The molecule has 2 nitrogen and oxygen atoms in total. The number of hydrogen-bond acceptors (Lipinski definition) is 1. The molecular formula is C6H11BrO2. The SMILES string of the molecule is CCCC(CBr)C(=O)O. The normalized spacial score (nSPS) is 13.1. The second-order valence-electron chi connectivity index (χ2n) is 1.98. The summed E-state index contributed by atoms with van der Waals surface area (Å²) in [6.07, 6.45) is 1.70. The molecule has 9 heavy (non-hydrogen) atoms. The fourth-order valence-corrected chi connectivity index (χ4v) is 1.22. The monoisotopic (exact) mass is 194 g/mol. The summed E-state index contributed by atoms with van der Waals surface area (Å²) in [5.74, 6) is -0.899. The molecule has 0 fully saturated rings. The molecule has 0 aliphatic heterocycles. The van der Waals surface area contributed by atoms with Crippen molar-refractivity contribution in [1.82, 2.24) is 0 Å². The van der Waals surface area contributed by atoms with Gasteiger partial charge in [-0.3, -0.25) is 4.79 Å². The van der Waals surface area contributed by atoms with E-state index in [2.05, 4.69) is 15.9 Å². The van der Waals surface area contributed by atoms with Crippen LogP contribution in [-0.2, 0) is 4.79 Å². The highest BCUT2D eigenvalue weighted by Crippen LogP contribution is 2.08. The van der Waals surface area contributed by atoms with Crippen LogP contribution < -0.4 is 0 Å². The Hall–Kier alpha value is -0.0500. The van der Waals surface area contributed by atoms with Crippen LogP contribution in [0.5, 0.6) is 0 Å². The Kier molecular flexibility index (Phi) is 4.77. The zero-order chi connectivity index (χ0) is 7.28. The van der Waals surface area contributed by atoms with Crippen LogP contribution in [0.4, 0.5) is 0 Å². The molecule has 1 unspecified atom stereocenters. The van der Waals surface area contributed by atoms with Gasteiger partial charge in [-0.25, -0.2) is 0 Å². The van der Waals surface area contributed by atoms with Crippen molar-refractivity contribution in [2.24, 2.45) is 5.92 Å². The van der Waals surface area contributed by atoms with Gasteiger partial charge in [0.05, 0.1) is 5.92 Å². The third-order valence-electron chi connectivity index (χ3n) is 1.17. The van der Waals surface area contributed by atoms with Crippen molar-refractivity contribution in [3.8, 4) is 0 Å². The minimum atomic E-state index is -0.700. The van der Waals surface area contributed by atoms with E-state index >= 15 is 0 Å². The van der Waals surface area contributed by atoms with Gasteiger partial charge in [0.15, 0.2) is 0 Å². The van der Waals surface area contributed by atoms with Gasteiger partial charge in [-0.1, -0.05) is 29.3 Å². The number of carbonyl (C=O) groups is 1. The third kappa shape index (κ3) is 3.51. The Balaban J connectivity index is 3.54. The number of rotatable bonds is 4. The lowest BCUT2D eigenvalue weighted by atomic mass is 10.1. The summed E-state index contributed by atoms with van der Waals surface area (Å²) >= 11 is 3.14. The molecular weight excluding hydrogens is 184 g/mol. The van der Waals surface area contributed by atoms with Crippen molar-refractivity contribution in [3.05, 3.63) is 0 Å². The fourth-order valence-electron chi connectivity index (χ4n) is 0.615. The second-order valence-corrected chi connectivity index (χ2v) is 2.63. The van der Waals surface area contributed by atoms with Gasteiger partial charge >= 0.3 is 5.97 Å². The van der Waals surface area contributed by atoms with E-state index in [0.717, 1.165) is 12.8 Å². The van der Waals surface area contributed by atoms with E-state index in [1.54, 1.807) is 0 Å². The van der Waals surface area contributed by atoms with Gasteiger partial charge in [-0.2, -0.15) is 0 Å². The molecule has 1 N–H and O–H groups in total. The number of alkyl halides is 1. The molecule has 0 bridgehead atoms. The number of halogens is 1. The zero-order valence-corrected chi connectivity index (χ0v) is 7.02. The third-order valence-corrected chi connectivity index (χ3v) is 1.95. The smallest absolute Gasteiger partial charge is 0.307 e. The maximum Gasteiger partial charge on any atom is 0.307 e. The van der Waals surface area contributed by atoms with Crippen LogP contribution in [-0.4, -0.2) is 16.4 Å². The van der Waals surface area contributed by atoms with Crippen LogP contribution in [0.2, 0.25) is 0 Å². The molecule has 0 amide bonds. The van der Waals surface area contributed by atoms with Gasteiger partial charge in [-0.15, -0.1) is 0 Å². The van der Waals surface area contributed by atoms with E-state index in [9.17, 15) is 4.79 Å². The maximum absolute atomic E-state index is 10.3. The Morgan fingerprint density at radius 1 is 1.78 bits per heavy atom. The molecule has 3 heteroatoms. The Bertz CT molecular complexity index is 93.1. The van der Waals surface area contributed by atoms with Gasteiger partial charge in [-0.05, 0) is 6.42 Å². The Morgan fingerprint density at radius 3 is 2.44 bits per heavy atom. The van der Waals surface area contributed by atoms with E-state index in [-0.39, 0.29) is 5.92 Å². The van der Waals surface area contributed by atoms with Gasteiger partial charge in [0, 0.05) is 5.33 Å². The van der Waals surface area contributed by atoms with Gasteiger partial charge < -0.3 is 5.11 Å². The summed E-state index contributed by atoms with van der Waals surface area (Å²) in [6, 6.07) is 0. The lowest BCUT2D eigenvalue weighted by Gasteiger charge is -2.04. The van der Waals surface area contributed by atoms with E-state index in [0.29, 0.717) is 5.33 Å². The van der Waals surface area contributed by atoms with E-state index < -0.39 is 5.97 Å². The van der Waals surface area contributed by atoms with Crippen molar-refractivity contribution in [2.75, 3.05) is 5.33 Å². The van der Waals surface area contributed by atoms with Crippen LogP contribution in [0.15, 0.2) is 0 Å². The summed E-state index contributed by atoms with van der Waals surface area (Å²) in [5.41, 5.74) is 0. The molecule has 0 aromatic rings. The molecule has 0 aliphatic rings. The standard InChI is InChI=1S/C6H11BrO2/c1-2-3-5(4-7)6(8)9/h5H,2-4H2,1H3,(H,8,9). The van der Waals surface area contributed by atoms with Crippen LogP contribution in [0.1, 0.15) is 19.8 Å². The van der Waals surface area contributed by atoms with Crippen molar-refractivity contribution in [2.45, 2.75) is 19.8 Å². The fraction of sp³-hybridized carbons (Fsp3) is 0.833. The summed E-state index contributed by atoms with van der Waals surface area (Å²) < 4.78 is 0. The van der Waals surface area contributed by atoms with Crippen LogP contribution in [0.3, 0.4) is 0 Å². The van der Waals surface area contributed by atoms with Crippen LogP contribution in [0.25, 0.3) is 0 Å². The van der Waals surface area contributed by atoms with E-state index in [1.807, 2.05) is 6.92 Å². The van der Waals surface area contributed by atoms with E-state index in [4.69, 9.17) is 5.11 Å². The molecule has 0 rings (SSSR count). The zero-order valence-electron chi connectivity index (χ0n) is 5.43. The van der Waals surface area contributed by atoms with Crippen LogP contribution in [0, 0.1) is 5.92 Å². The molecule has 0 aliphatic carbocycles. The van der Waals surface area contributed by atoms with Crippen molar-refractivity contribution in [1.29, 1.82) is 0 Å². The summed E-state index contributed by atoms with van der Waals surface area (Å²) in [5, 5.41) is 9.04. The highest BCUT2D eigenvalue weighted by Gasteiger charge is 2.13. The average molecular weight is 195 g/mol. The molecule has 0 aromatic heterocycles. The Morgan fingerprint density at radius 2 is 2.33 bits per heavy atom. The maximum atomic E-state index is 10.3. The topological polar surface area (TPSA) is 37.3 Å². The highest BCUT2D eigenvalue weighted by molar-refractivity contribution is 9.09. The average Bonchev–Trinajstić information content (AvgIpc) is 1.82. The lowest BCUT2D eigenvalue weighted by Crippen LogP contribution is -2.14. The predicted molar refractivity (Wildman–Crippen MR) is 39.8 cm³/mol. The number of hydrogen-bond donors (Lipinski definition) is 1. The largest absolute Gasteiger partial charge is 0.481 e. The molecule has 0 saturated carbocycles. The number of carboxylic acid groups (broad SMARTS) is 1. The summed E-state index contributed by atoms with van der Waals surface area (Å²) in [7, 11) is 0. The first-order valence-corrected chi connectivity index (χ1v) is 4.13. The van der Waals surface area contributed by atoms with Gasteiger partial charge in [0.25, 0.3) is 0 Å². The molecule has 1 atom stereocenters. The number of aliphatic carboxylic acids is 1. The molecule has 0 aromatic carbocycles. The van der Waals surface area contributed by atoms with Crippen molar-refractivity contribution >= 4 is 21.9 Å². The second kappa shape index (κ2) is 4.79. The molecule has 0 spiro atoms. The summed E-state index contributed by atoms with van der Waals surface area (Å²) in [4.78, 5) is 10.3. The lowest BCUT2D eigenvalue weighted by molar-refractivity contribution is -0.141. The van der Waals surface area contributed by atoms with Crippen molar-refractivity contribution in [3.63, 3.8) is 0 Å². The summed E-state index contributed by atoms with van der Waals surface area (Å²) in [6.45, 7) is 1.98. The number of carboxylic acids is 1. The molecule has 0 saturated heterocycles. The molecule has 0 radical (unpaired) electrons. The highest BCUT2D eigenvalue weighted by atomic mass is 79.9. The quantitative estimate of drug-likeness (QED) is 0.695. The van der Waals surface area contributed by atoms with Gasteiger partial charge in [0.1, 0.15) is 0 Å². The Labute approximate surface area is 63.4 Å². The predicted octanol–water partition coefficient (Wildman–Crippen LogP) is 1.88. The van der Waals surface area contributed by atoms with Crippen molar-refractivity contribution < 1.29 is 9.90 Å². The molecule has 0 heterocycles. The van der Waals surface area contributed by atoms with Crippen LogP contribution >= 0.6 is 15.9 Å². The van der Waals surface area contributed by atoms with Gasteiger partial charge in [0.2, 0.25) is 0 Å². The minimum absolute atomic E-state index is 0.199. The first-order valence-electron chi connectivity index (χ1n) is 3.01. The first kappa shape index (κ1) is 8.95.